The number of ether oxygens (including phenoxy) is 1. The average Bonchev–Trinajstić information content (AvgIpc) is 3.13. The SMILES string of the molecule is CCOc1ccc(CN2CCc3onc(-c4ccccc4F)c3C2)cc1CO. The second-order valence-corrected chi connectivity index (χ2v) is 6.91. The maximum absolute atomic E-state index is 14.2. The molecule has 0 saturated carbocycles. The minimum atomic E-state index is -0.296. The van der Waals surface area contributed by atoms with E-state index >= 15 is 0 Å². The number of rotatable bonds is 6. The summed E-state index contributed by atoms with van der Waals surface area (Å²) in [7, 11) is 0. The molecular formula is C22H23FN2O3. The molecule has 28 heavy (non-hydrogen) atoms. The second-order valence-electron chi connectivity index (χ2n) is 6.91. The Morgan fingerprint density at radius 2 is 2.11 bits per heavy atom. The maximum atomic E-state index is 14.2. The smallest absolute Gasteiger partial charge is 0.143 e. The molecule has 2 aromatic carbocycles. The van der Waals surface area contributed by atoms with Crippen molar-refractivity contribution >= 4 is 0 Å². The van der Waals surface area contributed by atoms with Crippen molar-refractivity contribution in [2.75, 3.05) is 13.2 Å². The van der Waals surface area contributed by atoms with Gasteiger partial charge in [0, 0.05) is 42.7 Å². The number of hydrogen-bond acceptors (Lipinski definition) is 5. The molecule has 0 atom stereocenters. The van der Waals surface area contributed by atoms with E-state index in [1.165, 1.54) is 6.07 Å². The fourth-order valence-electron chi connectivity index (χ4n) is 3.67. The zero-order valence-electron chi connectivity index (χ0n) is 15.8. The second kappa shape index (κ2) is 8.12. The van der Waals surface area contributed by atoms with Crippen LogP contribution in [0.2, 0.25) is 0 Å². The summed E-state index contributed by atoms with van der Waals surface area (Å²) >= 11 is 0. The molecule has 146 valence electrons. The fraction of sp³-hybridized carbons (Fsp3) is 0.318. The summed E-state index contributed by atoms with van der Waals surface area (Å²) < 4.78 is 25.3. The van der Waals surface area contributed by atoms with Crippen molar-refractivity contribution in [2.24, 2.45) is 0 Å². The first-order chi connectivity index (χ1) is 13.7. The van der Waals surface area contributed by atoms with Crippen molar-refractivity contribution in [3.63, 3.8) is 0 Å². The van der Waals surface area contributed by atoms with E-state index in [9.17, 15) is 9.50 Å². The van der Waals surface area contributed by atoms with Gasteiger partial charge < -0.3 is 14.4 Å². The summed E-state index contributed by atoms with van der Waals surface area (Å²) in [5.74, 6) is 1.25. The lowest BCUT2D eigenvalue weighted by Gasteiger charge is -2.26. The average molecular weight is 382 g/mol. The van der Waals surface area contributed by atoms with Crippen molar-refractivity contribution < 1.29 is 18.8 Å². The molecule has 0 aliphatic carbocycles. The molecule has 1 N–H and O–H groups in total. The summed E-state index contributed by atoms with van der Waals surface area (Å²) in [5, 5.41) is 13.8. The van der Waals surface area contributed by atoms with Crippen molar-refractivity contribution in [1.82, 2.24) is 10.1 Å². The monoisotopic (exact) mass is 382 g/mol. The van der Waals surface area contributed by atoms with Crippen LogP contribution >= 0.6 is 0 Å². The Morgan fingerprint density at radius 1 is 1.25 bits per heavy atom. The molecule has 0 amide bonds. The number of nitrogens with zero attached hydrogens (tertiary/aromatic N) is 2. The van der Waals surface area contributed by atoms with Crippen LogP contribution in [0.4, 0.5) is 4.39 Å². The first-order valence-electron chi connectivity index (χ1n) is 9.49. The lowest BCUT2D eigenvalue weighted by molar-refractivity contribution is 0.228. The number of halogens is 1. The largest absolute Gasteiger partial charge is 0.494 e. The summed E-state index contributed by atoms with van der Waals surface area (Å²) in [6, 6.07) is 12.5. The van der Waals surface area contributed by atoms with Gasteiger partial charge in [0.05, 0.1) is 13.2 Å². The van der Waals surface area contributed by atoms with Gasteiger partial charge >= 0.3 is 0 Å². The van der Waals surface area contributed by atoms with Gasteiger partial charge in [-0.2, -0.15) is 0 Å². The Kier molecular flexibility index (Phi) is 5.41. The van der Waals surface area contributed by atoms with Gasteiger partial charge in [-0.25, -0.2) is 4.39 Å². The van der Waals surface area contributed by atoms with Crippen LogP contribution in [0.1, 0.15) is 29.4 Å². The highest BCUT2D eigenvalue weighted by molar-refractivity contribution is 5.64. The molecule has 1 aromatic heterocycles. The quantitative estimate of drug-likeness (QED) is 0.700. The lowest BCUT2D eigenvalue weighted by atomic mass is 10.0. The predicted molar refractivity (Wildman–Crippen MR) is 103 cm³/mol. The van der Waals surface area contributed by atoms with E-state index in [0.29, 0.717) is 24.4 Å². The number of aliphatic hydroxyl groups excluding tert-OH is 1. The first kappa shape index (κ1) is 18.7. The Hall–Kier alpha value is -2.70. The van der Waals surface area contributed by atoms with Gasteiger partial charge in [-0.15, -0.1) is 0 Å². The number of benzene rings is 2. The number of fused-ring (bicyclic) bond motifs is 1. The normalized spacial score (nSPS) is 14.1. The number of hydrogen-bond donors (Lipinski definition) is 1. The van der Waals surface area contributed by atoms with Crippen LogP contribution in [-0.4, -0.2) is 28.3 Å². The third-order valence-electron chi connectivity index (χ3n) is 5.04. The Balaban J connectivity index is 1.55. The van der Waals surface area contributed by atoms with Crippen LogP contribution in [-0.2, 0) is 26.1 Å². The van der Waals surface area contributed by atoms with E-state index in [1.807, 2.05) is 25.1 Å². The van der Waals surface area contributed by atoms with Crippen LogP contribution in [0.5, 0.6) is 5.75 Å². The zero-order chi connectivity index (χ0) is 19.5. The lowest BCUT2D eigenvalue weighted by Crippen LogP contribution is -2.29. The van der Waals surface area contributed by atoms with E-state index in [4.69, 9.17) is 9.26 Å². The highest BCUT2D eigenvalue weighted by atomic mass is 19.1. The molecule has 3 aromatic rings. The van der Waals surface area contributed by atoms with E-state index in [2.05, 4.69) is 10.1 Å². The zero-order valence-corrected chi connectivity index (χ0v) is 15.8. The molecule has 0 spiro atoms. The summed E-state index contributed by atoms with van der Waals surface area (Å²) in [6.45, 7) is 4.63. The Bertz CT molecular complexity index is 970. The molecule has 1 aliphatic rings. The number of aliphatic hydroxyl groups is 1. The number of aromatic nitrogens is 1. The third kappa shape index (κ3) is 3.66. The molecule has 2 heterocycles. The molecule has 0 fully saturated rings. The molecular weight excluding hydrogens is 359 g/mol. The van der Waals surface area contributed by atoms with Crippen molar-refractivity contribution in [1.29, 1.82) is 0 Å². The summed E-state index contributed by atoms with van der Waals surface area (Å²) in [5.41, 5.74) is 3.89. The molecule has 6 heteroatoms. The highest BCUT2D eigenvalue weighted by Crippen LogP contribution is 2.32. The van der Waals surface area contributed by atoms with Gasteiger partial charge in [-0.1, -0.05) is 23.4 Å². The van der Waals surface area contributed by atoms with E-state index in [1.54, 1.807) is 18.2 Å². The standard InChI is InChI=1S/C22H23FN2O3/c1-2-27-20-8-7-15(11-16(20)14-26)12-25-10-9-21-18(13-25)22(24-28-21)17-5-3-4-6-19(17)23/h3-8,11,26H,2,9-10,12-14H2,1H3. The van der Waals surface area contributed by atoms with Crippen molar-refractivity contribution in [3.8, 4) is 17.0 Å². The van der Waals surface area contributed by atoms with Crippen molar-refractivity contribution in [3.05, 3.63) is 70.7 Å². The van der Waals surface area contributed by atoms with E-state index < -0.39 is 0 Å². The fourth-order valence-corrected chi connectivity index (χ4v) is 3.67. The Labute approximate surface area is 163 Å². The first-order valence-corrected chi connectivity index (χ1v) is 9.49. The predicted octanol–water partition coefficient (Wildman–Crippen LogP) is 3.93. The van der Waals surface area contributed by atoms with Crippen LogP contribution in [0.25, 0.3) is 11.3 Å². The summed E-state index contributed by atoms with van der Waals surface area (Å²) in [4.78, 5) is 2.28. The van der Waals surface area contributed by atoms with Gasteiger partial charge in [-0.3, -0.25) is 4.90 Å². The highest BCUT2D eigenvalue weighted by Gasteiger charge is 2.26. The van der Waals surface area contributed by atoms with Crippen LogP contribution in [0.3, 0.4) is 0 Å². The van der Waals surface area contributed by atoms with Crippen LogP contribution in [0, 0.1) is 5.82 Å². The molecule has 5 nitrogen and oxygen atoms in total. The van der Waals surface area contributed by atoms with Crippen LogP contribution in [0.15, 0.2) is 47.0 Å². The topological polar surface area (TPSA) is 58.7 Å². The molecule has 4 rings (SSSR count). The Morgan fingerprint density at radius 3 is 2.89 bits per heavy atom. The van der Waals surface area contributed by atoms with E-state index in [0.717, 1.165) is 47.7 Å². The molecule has 0 unspecified atom stereocenters. The minimum absolute atomic E-state index is 0.0591. The van der Waals surface area contributed by atoms with E-state index in [-0.39, 0.29) is 12.4 Å². The maximum Gasteiger partial charge on any atom is 0.143 e. The minimum Gasteiger partial charge on any atom is -0.494 e. The van der Waals surface area contributed by atoms with Gasteiger partial charge in [0.25, 0.3) is 0 Å². The molecule has 0 radical (unpaired) electrons. The third-order valence-corrected chi connectivity index (χ3v) is 5.04. The van der Waals surface area contributed by atoms with Crippen LogP contribution < -0.4 is 4.74 Å². The molecule has 1 aliphatic heterocycles. The van der Waals surface area contributed by atoms with Crippen molar-refractivity contribution in [2.45, 2.75) is 33.0 Å². The van der Waals surface area contributed by atoms with Gasteiger partial charge in [0.1, 0.15) is 23.0 Å². The molecule has 0 bridgehead atoms. The van der Waals surface area contributed by atoms with Gasteiger partial charge in [0.15, 0.2) is 0 Å². The molecule has 0 saturated heterocycles. The van der Waals surface area contributed by atoms with Gasteiger partial charge in [0.2, 0.25) is 0 Å². The van der Waals surface area contributed by atoms with Gasteiger partial charge in [-0.05, 0) is 36.8 Å². The summed E-state index contributed by atoms with van der Waals surface area (Å²) in [6.07, 6.45) is 0.737.